The van der Waals surface area contributed by atoms with E-state index in [0.29, 0.717) is 22.0 Å². The number of hydrogen-bond donors (Lipinski definition) is 1. The lowest BCUT2D eigenvalue weighted by Crippen LogP contribution is -2.33. The van der Waals surface area contributed by atoms with E-state index in [1.165, 1.54) is 10.5 Å². The van der Waals surface area contributed by atoms with Gasteiger partial charge in [-0.2, -0.15) is 0 Å². The highest BCUT2D eigenvalue weighted by molar-refractivity contribution is 6.31. The summed E-state index contributed by atoms with van der Waals surface area (Å²) in [6, 6.07) is 11.9. The summed E-state index contributed by atoms with van der Waals surface area (Å²) in [6.45, 7) is 3.94. The Hall–Kier alpha value is -2.92. The molecule has 3 amide bonds. The highest BCUT2D eigenvalue weighted by Crippen LogP contribution is 2.55. The SMILES string of the molecule is CC1=C[C@@H]2C[C@H]1[C@@H]1C(=O)N(c3ccc(C(=O)Nc4cc(Cl)ccc4C)cc3)C(=O)[C@H]12. The molecule has 2 bridgehead atoms. The molecular weight excluding hydrogens is 400 g/mol. The highest BCUT2D eigenvalue weighted by atomic mass is 35.5. The molecule has 0 spiro atoms. The molecule has 5 nitrogen and oxygen atoms in total. The number of nitrogens with one attached hydrogen (secondary N) is 1. The Morgan fingerprint density at radius 1 is 1.03 bits per heavy atom. The minimum Gasteiger partial charge on any atom is -0.322 e. The molecule has 1 saturated carbocycles. The second-order valence-corrected chi connectivity index (χ2v) is 8.88. The Morgan fingerprint density at radius 3 is 2.47 bits per heavy atom. The first kappa shape index (κ1) is 19.1. The van der Waals surface area contributed by atoms with Crippen LogP contribution in [0.4, 0.5) is 11.4 Å². The van der Waals surface area contributed by atoms with Gasteiger partial charge in [-0.1, -0.05) is 29.3 Å². The van der Waals surface area contributed by atoms with Crippen molar-refractivity contribution in [1.82, 2.24) is 0 Å². The van der Waals surface area contributed by atoms with E-state index in [-0.39, 0.29) is 41.4 Å². The average molecular weight is 421 g/mol. The maximum Gasteiger partial charge on any atom is 0.255 e. The predicted octanol–water partition coefficient (Wildman–Crippen LogP) is 4.60. The molecule has 1 heterocycles. The van der Waals surface area contributed by atoms with Gasteiger partial charge < -0.3 is 5.32 Å². The first-order chi connectivity index (χ1) is 14.3. The smallest absolute Gasteiger partial charge is 0.255 e. The van der Waals surface area contributed by atoms with Crippen molar-refractivity contribution in [3.8, 4) is 0 Å². The van der Waals surface area contributed by atoms with E-state index < -0.39 is 0 Å². The molecule has 3 aliphatic rings. The maximum atomic E-state index is 13.0. The number of nitrogens with zero attached hydrogens (tertiary/aromatic N) is 1. The number of amides is 3. The summed E-state index contributed by atoms with van der Waals surface area (Å²) in [6.07, 6.45) is 3.07. The van der Waals surface area contributed by atoms with Crippen molar-refractivity contribution in [2.24, 2.45) is 23.7 Å². The second kappa shape index (κ2) is 6.81. The molecule has 5 rings (SSSR count). The number of carbonyl (C=O) groups is 3. The zero-order valence-corrected chi connectivity index (χ0v) is 17.4. The minimum atomic E-state index is -0.277. The van der Waals surface area contributed by atoms with E-state index in [0.717, 1.165) is 12.0 Å². The van der Waals surface area contributed by atoms with Crippen LogP contribution in [0.1, 0.15) is 29.3 Å². The van der Waals surface area contributed by atoms with Crippen LogP contribution in [0.5, 0.6) is 0 Å². The zero-order chi connectivity index (χ0) is 21.2. The Kier molecular flexibility index (Phi) is 4.33. The van der Waals surface area contributed by atoms with E-state index in [1.807, 2.05) is 13.0 Å². The van der Waals surface area contributed by atoms with Gasteiger partial charge in [0, 0.05) is 16.3 Å². The van der Waals surface area contributed by atoms with Crippen molar-refractivity contribution in [1.29, 1.82) is 0 Å². The van der Waals surface area contributed by atoms with E-state index >= 15 is 0 Å². The summed E-state index contributed by atoms with van der Waals surface area (Å²) in [5.74, 6) is -0.619. The van der Waals surface area contributed by atoms with Crippen molar-refractivity contribution in [2.45, 2.75) is 20.3 Å². The van der Waals surface area contributed by atoms with Crippen molar-refractivity contribution in [3.05, 3.63) is 70.3 Å². The van der Waals surface area contributed by atoms with E-state index in [1.54, 1.807) is 36.4 Å². The van der Waals surface area contributed by atoms with Crippen LogP contribution in [0, 0.1) is 30.6 Å². The first-order valence-corrected chi connectivity index (χ1v) is 10.5. The van der Waals surface area contributed by atoms with Gasteiger partial charge in [0.05, 0.1) is 17.5 Å². The van der Waals surface area contributed by atoms with Crippen LogP contribution in [0.15, 0.2) is 54.1 Å². The summed E-state index contributed by atoms with van der Waals surface area (Å²) in [4.78, 5) is 40.0. The van der Waals surface area contributed by atoms with Crippen LogP contribution in [-0.4, -0.2) is 17.7 Å². The number of imide groups is 1. The standard InChI is InChI=1S/C24H21ClN2O3/c1-12-3-6-16(25)11-19(12)26-22(28)14-4-7-17(8-5-14)27-23(29)20-15-9-13(2)18(10-15)21(20)24(27)30/h3-9,11,15,18,20-21H,10H2,1-2H3,(H,26,28)/t15-,18-,20+,21+/m1/s1. The average Bonchev–Trinajstić information content (AvgIpc) is 3.35. The molecule has 2 aromatic carbocycles. The second-order valence-electron chi connectivity index (χ2n) is 8.44. The molecule has 2 aliphatic carbocycles. The molecule has 0 unspecified atom stereocenters. The summed E-state index contributed by atoms with van der Waals surface area (Å²) in [5.41, 5.74) is 3.74. The number of aryl methyl sites for hydroxylation is 1. The minimum absolute atomic E-state index is 0.114. The summed E-state index contributed by atoms with van der Waals surface area (Å²) >= 11 is 6.02. The predicted molar refractivity (Wildman–Crippen MR) is 115 cm³/mol. The van der Waals surface area contributed by atoms with Crippen LogP contribution in [0.2, 0.25) is 5.02 Å². The van der Waals surface area contributed by atoms with Crippen molar-refractivity contribution < 1.29 is 14.4 Å². The quantitative estimate of drug-likeness (QED) is 0.582. The lowest BCUT2D eigenvalue weighted by molar-refractivity contribution is -0.123. The van der Waals surface area contributed by atoms with Crippen LogP contribution >= 0.6 is 11.6 Å². The van der Waals surface area contributed by atoms with Gasteiger partial charge in [0.15, 0.2) is 0 Å². The Morgan fingerprint density at radius 2 is 1.73 bits per heavy atom. The Balaban J connectivity index is 1.36. The highest BCUT2D eigenvalue weighted by Gasteiger charge is 2.60. The van der Waals surface area contributed by atoms with Crippen molar-refractivity contribution >= 4 is 40.7 Å². The van der Waals surface area contributed by atoms with Gasteiger partial charge in [-0.15, -0.1) is 0 Å². The van der Waals surface area contributed by atoms with Gasteiger partial charge in [-0.3, -0.25) is 19.3 Å². The number of hydrogen-bond acceptors (Lipinski definition) is 3. The van der Waals surface area contributed by atoms with Crippen LogP contribution in [0.25, 0.3) is 0 Å². The van der Waals surface area contributed by atoms with Crippen LogP contribution in [0.3, 0.4) is 0 Å². The van der Waals surface area contributed by atoms with Gasteiger partial charge in [0.25, 0.3) is 5.91 Å². The molecule has 2 fully saturated rings. The lowest BCUT2D eigenvalue weighted by Gasteiger charge is -2.19. The van der Waals surface area contributed by atoms with E-state index in [2.05, 4.69) is 18.3 Å². The molecule has 1 N–H and O–H groups in total. The number of fused-ring (bicyclic) bond motifs is 5. The van der Waals surface area contributed by atoms with Gasteiger partial charge in [-0.05, 0) is 74.1 Å². The molecule has 1 aliphatic heterocycles. The lowest BCUT2D eigenvalue weighted by atomic mass is 9.82. The number of rotatable bonds is 3. The first-order valence-electron chi connectivity index (χ1n) is 10.1. The molecule has 4 atom stereocenters. The van der Waals surface area contributed by atoms with Crippen molar-refractivity contribution in [3.63, 3.8) is 0 Å². The number of benzene rings is 2. The molecule has 6 heteroatoms. The van der Waals surface area contributed by atoms with Crippen molar-refractivity contribution in [2.75, 3.05) is 10.2 Å². The Bertz CT molecular complexity index is 1120. The topological polar surface area (TPSA) is 66.5 Å². The number of carbonyl (C=O) groups excluding carboxylic acids is 3. The molecular formula is C24H21ClN2O3. The fourth-order valence-electron chi connectivity index (χ4n) is 5.21. The van der Waals surface area contributed by atoms with Gasteiger partial charge >= 0.3 is 0 Å². The summed E-state index contributed by atoms with van der Waals surface area (Å²) in [7, 11) is 0. The normalized spacial score (nSPS) is 26.8. The number of anilines is 2. The molecule has 0 radical (unpaired) electrons. The van der Waals surface area contributed by atoms with Gasteiger partial charge in [-0.25, -0.2) is 0 Å². The number of halogens is 1. The third kappa shape index (κ3) is 2.80. The fourth-order valence-corrected chi connectivity index (χ4v) is 5.39. The molecule has 30 heavy (non-hydrogen) atoms. The van der Waals surface area contributed by atoms with E-state index in [4.69, 9.17) is 11.6 Å². The zero-order valence-electron chi connectivity index (χ0n) is 16.7. The monoisotopic (exact) mass is 420 g/mol. The fraction of sp³-hybridized carbons (Fsp3) is 0.292. The third-order valence-electron chi connectivity index (χ3n) is 6.72. The summed E-state index contributed by atoms with van der Waals surface area (Å²) < 4.78 is 0. The van der Waals surface area contributed by atoms with Crippen LogP contribution in [-0.2, 0) is 9.59 Å². The largest absolute Gasteiger partial charge is 0.322 e. The molecule has 0 aromatic heterocycles. The van der Waals surface area contributed by atoms with Gasteiger partial charge in [0.2, 0.25) is 11.8 Å². The van der Waals surface area contributed by atoms with Crippen LogP contribution < -0.4 is 10.2 Å². The maximum absolute atomic E-state index is 13.0. The molecule has 2 aromatic rings. The third-order valence-corrected chi connectivity index (χ3v) is 6.95. The molecule has 152 valence electrons. The molecule has 1 saturated heterocycles. The van der Waals surface area contributed by atoms with E-state index in [9.17, 15) is 14.4 Å². The number of allylic oxidation sites excluding steroid dienone is 2. The summed E-state index contributed by atoms with van der Waals surface area (Å²) in [5, 5.41) is 3.40. The Labute approximate surface area is 179 Å². The van der Waals surface area contributed by atoms with Gasteiger partial charge in [0.1, 0.15) is 0 Å².